The number of halogens is 2. The van der Waals surface area contributed by atoms with Crippen molar-refractivity contribution in [1.29, 1.82) is 0 Å². The first kappa shape index (κ1) is 21.5. The van der Waals surface area contributed by atoms with Crippen LogP contribution in [0.1, 0.15) is 19.8 Å². The van der Waals surface area contributed by atoms with Crippen LogP contribution in [-0.4, -0.2) is 65.1 Å². The first-order valence-corrected chi connectivity index (χ1v) is 8.79. The van der Waals surface area contributed by atoms with Crippen LogP contribution in [0.4, 0.5) is 0 Å². The summed E-state index contributed by atoms with van der Waals surface area (Å²) < 4.78 is 0. The number of hydrogen-bond donors (Lipinski definition) is 2. The monoisotopic (exact) mass is 390 g/mol. The molecule has 0 radical (unpaired) electrons. The number of aliphatic hydroxyl groups is 1. The van der Waals surface area contributed by atoms with Gasteiger partial charge in [0.1, 0.15) is 12.4 Å². The van der Waals surface area contributed by atoms with E-state index in [1.165, 1.54) is 17.0 Å². The zero-order chi connectivity index (χ0) is 19.0. The predicted octanol–water partition coefficient (Wildman–Crippen LogP) is 2.39. The van der Waals surface area contributed by atoms with E-state index in [0.29, 0.717) is 16.6 Å². The number of benzene rings is 1. The third kappa shape index (κ3) is 7.10. The number of likely N-dealkylation sites (tertiary alicyclic amines) is 1. The number of amides is 2. The Bertz CT molecular complexity index is 592. The molecule has 1 saturated heterocycles. The molecule has 1 aromatic rings. The van der Waals surface area contributed by atoms with Crippen molar-refractivity contribution in [1.82, 2.24) is 9.80 Å². The summed E-state index contributed by atoms with van der Waals surface area (Å²) in [7, 11) is 1.60. The number of rotatable bonds is 4. The lowest BCUT2D eigenvalue weighted by atomic mass is 10.1. The van der Waals surface area contributed by atoms with Gasteiger partial charge in [-0.3, -0.25) is 9.59 Å². The maximum atomic E-state index is 11.9. The highest BCUT2D eigenvalue weighted by Crippen LogP contribution is 2.25. The van der Waals surface area contributed by atoms with Crippen LogP contribution in [0.25, 0.3) is 0 Å². The lowest BCUT2D eigenvalue weighted by molar-refractivity contribution is -0.137. The Morgan fingerprint density at radius 2 is 1.84 bits per heavy atom. The van der Waals surface area contributed by atoms with E-state index in [4.69, 9.17) is 33.4 Å². The van der Waals surface area contributed by atoms with Crippen LogP contribution >= 0.6 is 23.2 Å². The summed E-state index contributed by atoms with van der Waals surface area (Å²) in [6.45, 7) is 3.36. The minimum Gasteiger partial charge on any atom is -0.508 e. The van der Waals surface area contributed by atoms with Crippen molar-refractivity contribution >= 4 is 35.0 Å². The van der Waals surface area contributed by atoms with E-state index in [1.54, 1.807) is 13.1 Å². The van der Waals surface area contributed by atoms with Gasteiger partial charge in [-0.15, -0.1) is 0 Å². The van der Waals surface area contributed by atoms with Crippen LogP contribution in [0, 0.1) is 5.92 Å². The molecular weight excluding hydrogens is 367 g/mol. The highest BCUT2D eigenvalue weighted by Gasteiger charge is 2.24. The van der Waals surface area contributed by atoms with Crippen molar-refractivity contribution in [2.45, 2.75) is 19.8 Å². The molecule has 8 heteroatoms. The molecule has 1 heterocycles. The number of aliphatic hydroxyl groups excluding tert-OH is 1. The molecule has 2 rings (SSSR count). The number of carbonyl (C=O) groups excluding carboxylic acids is 2. The van der Waals surface area contributed by atoms with Gasteiger partial charge in [-0.05, 0) is 31.0 Å². The lowest BCUT2D eigenvalue weighted by Crippen LogP contribution is -2.40. The highest BCUT2D eigenvalue weighted by molar-refractivity contribution is 6.42. The van der Waals surface area contributed by atoms with Crippen LogP contribution in [0.15, 0.2) is 18.2 Å². The molecule has 0 aromatic heterocycles. The van der Waals surface area contributed by atoms with Gasteiger partial charge in [-0.25, -0.2) is 0 Å². The topological polar surface area (TPSA) is 81.1 Å². The second-order valence-corrected chi connectivity index (χ2v) is 6.78. The van der Waals surface area contributed by atoms with E-state index in [-0.39, 0.29) is 23.5 Å². The normalized spacial score (nSPS) is 14.5. The van der Waals surface area contributed by atoms with E-state index in [0.717, 1.165) is 25.9 Å². The predicted molar refractivity (Wildman–Crippen MR) is 97.8 cm³/mol. The van der Waals surface area contributed by atoms with Gasteiger partial charge in [0, 0.05) is 26.7 Å². The molecule has 2 amide bonds. The lowest BCUT2D eigenvalue weighted by Gasteiger charge is -2.24. The molecule has 0 saturated carbocycles. The van der Waals surface area contributed by atoms with Gasteiger partial charge in [0.05, 0.1) is 16.0 Å². The summed E-state index contributed by atoms with van der Waals surface area (Å²) in [5, 5.41) is 18.3. The molecule has 6 nitrogen and oxygen atoms in total. The molecule has 1 fully saturated rings. The van der Waals surface area contributed by atoms with Gasteiger partial charge in [-0.2, -0.15) is 0 Å². The van der Waals surface area contributed by atoms with Crippen molar-refractivity contribution < 1.29 is 19.8 Å². The number of carbonyl (C=O) groups is 2. The minimum atomic E-state index is -0.499. The van der Waals surface area contributed by atoms with Crippen molar-refractivity contribution in [3.8, 4) is 5.75 Å². The smallest absolute Gasteiger partial charge is 0.248 e. The third-order valence-corrected chi connectivity index (χ3v) is 4.59. The van der Waals surface area contributed by atoms with Crippen LogP contribution < -0.4 is 0 Å². The molecule has 1 aliphatic heterocycles. The molecule has 1 atom stereocenters. The largest absolute Gasteiger partial charge is 0.508 e. The number of hydrogen-bond acceptors (Lipinski definition) is 4. The number of nitrogens with zero attached hydrogens (tertiary/aromatic N) is 2. The van der Waals surface area contributed by atoms with Crippen LogP contribution in [0.5, 0.6) is 5.75 Å². The van der Waals surface area contributed by atoms with E-state index >= 15 is 0 Å². The molecule has 0 bridgehead atoms. The maximum absolute atomic E-state index is 11.9. The molecule has 0 unspecified atom stereocenters. The van der Waals surface area contributed by atoms with Gasteiger partial charge in [0.2, 0.25) is 11.8 Å². The Balaban J connectivity index is 0.000000293. The standard InChI is InChI=1S/C11H20N2O3.C6H4Cl2O/c1-9(7-12(2)10(15)8-14)11(16)13-5-3-4-6-13;7-5-2-1-4(9)3-6(5)8/h9,14H,3-8H2,1-2H3;1-3,9H/t9-;/m1./s1. The Hall–Kier alpha value is -1.50. The Kier molecular flexibility index (Phi) is 9.03. The van der Waals surface area contributed by atoms with Gasteiger partial charge < -0.3 is 20.0 Å². The van der Waals surface area contributed by atoms with Crippen LogP contribution in [0.3, 0.4) is 0 Å². The van der Waals surface area contributed by atoms with Gasteiger partial charge in [-0.1, -0.05) is 30.1 Å². The molecule has 140 valence electrons. The van der Waals surface area contributed by atoms with E-state index in [9.17, 15) is 9.59 Å². The quantitative estimate of drug-likeness (QED) is 0.826. The first-order valence-electron chi connectivity index (χ1n) is 8.04. The number of phenolic OH excluding ortho intramolecular Hbond substituents is 1. The molecule has 2 N–H and O–H groups in total. The van der Waals surface area contributed by atoms with Crippen molar-refractivity contribution in [2.75, 3.05) is 33.3 Å². The molecule has 1 aliphatic rings. The second-order valence-electron chi connectivity index (χ2n) is 5.96. The van der Waals surface area contributed by atoms with E-state index in [2.05, 4.69) is 0 Å². The minimum absolute atomic E-state index is 0.107. The van der Waals surface area contributed by atoms with E-state index in [1.807, 2.05) is 11.8 Å². The Labute approximate surface area is 157 Å². The number of aromatic hydroxyl groups is 1. The van der Waals surface area contributed by atoms with E-state index < -0.39 is 6.61 Å². The summed E-state index contributed by atoms with van der Waals surface area (Å²) in [5.74, 6) is -0.306. The average molecular weight is 391 g/mol. The molecule has 0 aliphatic carbocycles. The SMILES string of the molecule is C[C@H](CN(C)C(=O)CO)C(=O)N1CCCC1.Oc1ccc(Cl)c(Cl)c1. The molecular formula is C17H24Cl2N2O4. The van der Waals surface area contributed by atoms with Crippen molar-refractivity contribution in [3.63, 3.8) is 0 Å². The highest BCUT2D eigenvalue weighted by atomic mass is 35.5. The number of phenols is 1. The zero-order valence-corrected chi connectivity index (χ0v) is 15.9. The molecule has 0 spiro atoms. The fourth-order valence-electron chi connectivity index (χ4n) is 2.45. The fourth-order valence-corrected chi connectivity index (χ4v) is 2.74. The van der Waals surface area contributed by atoms with Gasteiger partial charge >= 0.3 is 0 Å². The first-order chi connectivity index (χ1) is 11.8. The molecule has 25 heavy (non-hydrogen) atoms. The average Bonchev–Trinajstić information content (AvgIpc) is 3.12. The summed E-state index contributed by atoms with van der Waals surface area (Å²) in [4.78, 5) is 26.3. The summed E-state index contributed by atoms with van der Waals surface area (Å²) in [6.07, 6.45) is 2.15. The molecule has 1 aromatic carbocycles. The van der Waals surface area contributed by atoms with Gasteiger partial charge in [0.15, 0.2) is 0 Å². The van der Waals surface area contributed by atoms with Crippen molar-refractivity contribution in [3.05, 3.63) is 28.2 Å². The van der Waals surface area contributed by atoms with Crippen LogP contribution in [0.2, 0.25) is 10.0 Å². The third-order valence-electron chi connectivity index (χ3n) is 3.85. The fraction of sp³-hybridized carbons (Fsp3) is 0.529. The van der Waals surface area contributed by atoms with Crippen LogP contribution in [-0.2, 0) is 9.59 Å². The summed E-state index contributed by atoms with van der Waals surface area (Å²) >= 11 is 11.1. The van der Waals surface area contributed by atoms with Crippen molar-refractivity contribution in [2.24, 2.45) is 5.92 Å². The second kappa shape index (κ2) is 10.5. The Morgan fingerprint density at radius 3 is 2.32 bits per heavy atom. The zero-order valence-electron chi connectivity index (χ0n) is 14.4. The summed E-state index contributed by atoms with van der Waals surface area (Å²) in [6, 6.07) is 4.41. The maximum Gasteiger partial charge on any atom is 0.248 e. The number of likely N-dealkylation sites (N-methyl/N-ethyl adjacent to an activating group) is 1. The summed E-state index contributed by atoms with van der Waals surface area (Å²) in [5.41, 5.74) is 0. The van der Waals surface area contributed by atoms with Gasteiger partial charge in [0.25, 0.3) is 0 Å². The Morgan fingerprint density at radius 1 is 1.24 bits per heavy atom.